The quantitative estimate of drug-likeness (QED) is 0.0136. The van der Waals surface area contributed by atoms with Gasteiger partial charge in [-0.05, 0) is 57.8 Å². The van der Waals surface area contributed by atoms with Crippen LogP contribution < -0.4 is 4.89 Å². The first-order valence-electron chi connectivity index (χ1n) is 22.0. The molecule has 0 aromatic heterocycles. The van der Waals surface area contributed by atoms with Crippen LogP contribution in [0.2, 0.25) is 0 Å². The van der Waals surface area contributed by atoms with Gasteiger partial charge in [0.15, 0.2) is 6.10 Å². The highest BCUT2D eigenvalue weighted by Crippen LogP contribution is 2.38. The molecule has 0 heterocycles. The van der Waals surface area contributed by atoms with Crippen LogP contribution >= 0.6 is 7.82 Å². The lowest BCUT2D eigenvalue weighted by atomic mass is 10.1. The van der Waals surface area contributed by atoms with Crippen molar-refractivity contribution in [1.82, 2.24) is 0 Å². The molecular weight excluding hydrogens is 773 g/mol. The molecule has 0 rings (SSSR count). The average Bonchev–Trinajstić information content (AvgIpc) is 3.17. The molecule has 0 amide bonds. The number of hydrogen-bond acceptors (Lipinski definition) is 11. The lowest BCUT2D eigenvalue weighted by molar-refractivity contribution is -0.870. The summed E-state index contributed by atoms with van der Waals surface area (Å²) in [5.74, 6) is -1.11. The van der Waals surface area contributed by atoms with Crippen LogP contribution in [-0.2, 0) is 32.7 Å². The maximum atomic E-state index is 12.7. The number of esters is 2. The van der Waals surface area contributed by atoms with Crippen LogP contribution in [0.15, 0.2) is 72.9 Å². The van der Waals surface area contributed by atoms with Crippen molar-refractivity contribution < 1.29 is 57.4 Å². The van der Waals surface area contributed by atoms with Gasteiger partial charge in [-0.3, -0.25) is 14.2 Å². The fourth-order valence-corrected chi connectivity index (χ4v) is 6.09. The lowest BCUT2D eigenvalue weighted by Crippen LogP contribution is -2.37. The minimum absolute atomic E-state index is 0.0564. The van der Waals surface area contributed by atoms with Gasteiger partial charge in [-0.2, -0.15) is 0 Å². The Kier molecular flexibility index (Phi) is 35.4. The number of phosphoric acid groups is 1. The van der Waals surface area contributed by atoms with Gasteiger partial charge in [-0.25, -0.2) is 0 Å². The average molecular weight is 854 g/mol. The highest BCUT2D eigenvalue weighted by Gasteiger charge is 2.22. The fraction of sp³-hybridized carbons (Fsp3) is 0.696. The van der Waals surface area contributed by atoms with Crippen molar-refractivity contribution in [2.75, 3.05) is 47.5 Å². The third-order valence-corrected chi connectivity index (χ3v) is 10.0. The number of ether oxygens (including phenoxy) is 2. The van der Waals surface area contributed by atoms with Crippen molar-refractivity contribution in [3.8, 4) is 0 Å². The van der Waals surface area contributed by atoms with Gasteiger partial charge >= 0.3 is 11.9 Å². The third kappa shape index (κ3) is 40.5. The maximum Gasteiger partial charge on any atom is 0.306 e. The van der Waals surface area contributed by atoms with E-state index in [1.54, 1.807) is 54.7 Å². The molecule has 0 aliphatic heterocycles. The van der Waals surface area contributed by atoms with Gasteiger partial charge in [0, 0.05) is 12.8 Å². The predicted octanol–water partition coefficient (Wildman–Crippen LogP) is 8.52. The Morgan fingerprint density at radius 1 is 0.644 bits per heavy atom. The Labute approximate surface area is 356 Å². The number of aliphatic hydroxyl groups is 3. The largest absolute Gasteiger partial charge is 0.756 e. The van der Waals surface area contributed by atoms with E-state index in [9.17, 15) is 34.4 Å². The molecule has 5 unspecified atom stereocenters. The van der Waals surface area contributed by atoms with Gasteiger partial charge in [0.1, 0.15) is 19.8 Å². The van der Waals surface area contributed by atoms with Crippen molar-refractivity contribution in [3.63, 3.8) is 0 Å². The molecule has 340 valence electrons. The van der Waals surface area contributed by atoms with Crippen LogP contribution in [0.4, 0.5) is 0 Å². The molecule has 0 saturated heterocycles. The van der Waals surface area contributed by atoms with Crippen LogP contribution in [-0.4, -0.2) is 104 Å². The Hall–Kier alpha value is -2.67. The van der Waals surface area contributed by atoms with E-state index < -0.39 is 50.8 Å². The number of carbonyl (C=O) groups is 2. The molecule has 0 aromatic carbocycles. The van der Waals surface area contributed by atoms with Gasteiger partial charge in [0.2, 0.25) is 0 Å². The Bertz CT molecular complexity index is 1290. The monoisotopic (exact) mass is 854 g/mol. The summed E-state index contributed by atoms with van der Waals surface area (Å²) in [6.07, 6.45) is 35.1. The zero-order valence-electron chi connectivity index (χ0n) is 37.0. The number of likely N-dealkylation sites (N-methyl/N-ethyl adjacent to an activating group) is 1. The molecule has 0 aromatic rings. The summed E-state index contributed by atoms with van der Waals surface area (Å²) in [7, 11) is 0.969. The van der Waals surface area contributed by atoms with Crippen molar-refractivity contribution in [3.05, 3.63) is 72.9 Å². The van der Waals surface area contributed by atoms with Gasteiger partial charge < -0.3 is 43.2 Å². The number of rotatable bonds is 38. The first-order chi connectivity index (χ1) is 28.2. The van der Waals surface area contributed by atoms with E-state index in [-0.39, 0.29) is 38.9 Å². The number of quaternary nitrogens is 1. The van der Waals surface area contributed by atoms with Gasteiger partial charge in [0.05, 0.1) is 46.1 Å². The Morgan fingerprint density at radius 2 is 1.20 bits per heavy atom. The maximum absolute atomic E-state index is 12.7. The first kappa shape index (κ1) is 56.3. The second-order valence-corrected chi connectivity index (χ2v) is 17.3. The van der Waals surface area contributed by atoms with E-state index in [4.69, 9.17) is 18.5 Å². The van der Waals surface area contributed by atoms with E-state index in [2.05, 4.69) is 19.1 Å². The molecule has 5 atom stereocenters. The SMILES string of the molecule is CCCCCCCC/C=C\CCCCCCCC(=O)OCC(COP(=O)([O-])OCC[N+](C)(C)C)OC(=O)CCCC(O)/C=C/C=C\C=C\C(O)C/C=C\C=C\C(O)CC. The van der Waals surface area contributed by atoms with Crippen molar-refractivity contribution in [1.29, 1.82) is 0 Å². The van der Waals surface area contributed by atoms with Crippen molar-refractivity contribution in [2.45, 2.75) is 160 Å². The second kappa shape index (κ2) is 37.1. The summed E-state index contributed by atoms with van der Waals surface area (Å²) in [5, 5.41) is 29.8. The predicted molar refractivity (Wildman–Crippen MR) is 235 cm³/mol. The van der Waals surface area contributed by atoms with Crippen molar-refractivity contribution >= 4 is 19.8 Å². The summed E-state index contributed by atoms with van der Waals surface area (Å²) >= 11 is 0. The molecular formula is C46H80NO11P. The van der Waals surface area contributed by atoms with Crippen molar-refractivity contribution in [2.24, 2.45) is 0 Å². The summed E-state index contributed by atoms with van der Waals surface area (Å²) in [4.78, 5) is 37.5. The summed E-state index contributed by atoms with van der Waals surface area (Å²) in [5.41, 5.74) is 0. The van der Waals surface area contributed by atoms with Crippen LogP contribution in [0, 0.1) is 0 Å². The Balaban J connectivity index is 4.68. The number of phosphoric ester groups is 1. The highest BCUT2D eigenvalue weighted by atomic mass is 31.2. The molecule has 3 N–H and O–H groups in total. The smallest absolute Gasteiger partial charge is 0.306 e. The summed E-state index contributed by atoms with van der Waals surface area (Å²) in [6, 6.07) is 0. The minimum Gasteiger partial charge on any atom is -0.756 e. The molecule has 0 fully saturated rings. The van der Waals surface area contributed by atoms with Crippen LogP contribution in [0.5, 0.6) is 0 Å². The number of unbranched alkanes of at least 4 members (excludes halogenated alkanes) is 11. The lowest BCUT2D eigenvalue weighted by Gasteiger charge is -2.28. The van der Waals surface area contributed by atoms with Crippen LogP contribution in [0.3, 0.4) is 0 Å². The molecule has 0 radical (unpaired) electrons. The zero-order valence-corrected chi connectivity index (χ0v) is 37.9. The first-order valence-corrected chi connectivity index (χ1v) is 23.4. The molecule has 0 saturated carbocycles. The topological polar surface area (TPSA) is 172 Å². The van der Waals surface area contributed by atoms with Crippen LogP contribution in [0.1, 0.15) is 136 Å². The molecule has 59 heavy (non-hydrogen) atoms. The standard InChI is InChI=1S/C46H80NO11P/c1-6-8-9-10-11-12-13-14-15-16-17-18-19-20-28-35-45(51)55-39-44(40-57-59(53,54)56-38-37-47(3,4)5)58-46(52)36-29-34-43(50)32-25-22-21-24-31-42(49)33-27-23-26-30-41(48)7-2/h14-15,21-27,30-32,41-44,48-50H,6-13,16-20,28-29,33-40H2,1-5H3/b15-14-,22-21-,27-23-,30-26+,31-24+,32-25+. The molecule has 0 bridgehead atoms. The van der Waals surface area contributed by atoms with E-state index in [1.807, 2.05) is 34.1 Å². The highest BCUT2D eigenvalue weighted by molar-refractivity contribution is 7.45. The number of aliphatic hydroxyl groups excluding tert-OH is 3. The van der Waals surface area contributed by atoms with E-state index >= 15 is 0 Å². The number of hydrogen-bond donors (Lipinski definition) is 3. The van der Waals surface area contributed by atoms with Gasteiger partial charge in [-0.1, -0.05) is 138 Å². The minimum atomic E-state index is -4.71. The molecule has 13 heteroatoms. The number of allylic oxidation sites excluding steroid dienone is 8. The zero-order chi connectivity index (χ0) is 44.0. The second-order valence-electron chi connectivity index (χ2n) is 15.9. The van der Waals surface area contributed by atoms with E-state index in [0.717, 1.165) is 38.5 Å². The summed E-state index contributed by atoms with van der Waals surface area (Å²) < 4.78 is 33.6. The molecule has 0 aliphatic rings. The van der Waals surface area contributed by atoms with Crippen LogP contribution in [0.25, 0.3) is 0 Å². The van der Waals surface area contributed by atoms with E-state index in [1.165, 1.54) is 38.5 Å². The normalized spacial score (nSPS) is 15.9. The van der Waals surface area contributed by atoms with Gasteiger partial charge in [0.25, 0.3) is 7.82 Å². The number of carbonyl (C=O) groups excluding carboxylic acids is 2. The molecule has 0 spiro atoms. The van der Waals surface area contributed by atoms with E-state index in [0.29, 0.717) is 30.3 Å². The number of nitrogens with zero attached hydrogens (tertiary/aromatic N) is 1. The fourth-order valence-electron chi connectivity index (χ4n) is 5.37. The Morgan fingerprint density at radius 3 is 1.83 bits per heavy atom. The molecule has 12 nitrogen and oxygen atoms in total. The summed E-state index contributed by atoms with van der Waals surface area (Å²) in [6.45, 7) is 3.52. The molecule has 0 aliphatic carbocycles. The third-order valence-electron chi connectivity index (χ3n) is 9.06. The van der Waals surface area contributed by atoms with Gasteiger partial charge in [-0.15, -0.1) is 0 Å².